The van der Waals surface area contributed by atoms with Gasteiger partial charge in [0.2, 0.25) is 0 Å². The second kappa shape index (κ2) is 8.69. The molecule has 0 aliphatic carbocycles. The summed E-state index contributed by atoms with van der Waals surface area (Å²) < 4.78 is 12.9. The molecule has 0 aromatic heterocycles. The number of nitrogens with one attached hydrogen (secondary N) is 2. The second-order valence-corrected chi connectivity index (χ2v) is 6.07. The zero-order valence-corrected chi connectivity index (χ0v) is 14.6. The molecule has 4 N–H and O–H groups in total. The number of anilines is 2. The fraction of sp³-hybridized carbons (Fsp3) is 0.278. The summed E-state index contributed by atoms with van der Waals surface area (Å²) in [5.74, 6) is -0.325. The third-order valence-electron chi connectivity index (χ3n) is 4.07. The summed E-state index contributed by atoms with van der Waals surface area (Å²) in [5, 5.41) is 5.68. The van der Waals surface area contributed by atoms with E-state index in [1.165, 1.54) is 29.8 Å². The average molecular weight is 365 g/mol. The van der Waals surface area contributed by atoms with E-state index in [1.54, 1.807) is 0 Å². The number of hydrogen-bond acceptors (Lipinski definition) is 3. The Labute approximate surface area is 152 Å². The van der Waals surface area contributed by atoms with Crippen molar-refractivity contribution in [2.75, 3.05) is 24.1 Å². The van der Waals surface area contributed by atoms with Gasteiger partial charge in [0.1, 0.15) is 5.82 Å². The van der Waals surface area contributed by atoms with Gasteiger partial charge < -0.3 is 16.4 Å². The molecular weight excluding hydrogens is 343 g/mol. The number of hydrogen-bond donors (Lipinski definition) is 3. The molecule has 25 heavy (non-hydrogen) atoms. The number of urea groups is 1. The number of amides is 2. The van der Waals surface area contributed by atoms with Gasteiger partial charge in [0, 0.05) is 37.1 Å². The molecule has 1 fully saturated rings. The number of carbonyl (C=O) groups excluding carboxylic acids is 1. The monoisotopic (exact) mass is 364 g/mol. The van der Waals surface area contributed by atoms with Crippen molar-refractivity contribution in [3.8, 4) is 0 Å². The lowest BCUT2D eigenvalue weighted by Gasteiger charge is -2.17. The van der Waals surface area contributed by atoms with Crippen LogP contribution in [0.4, 0.5) is 20.6 Å². The van der Waals surface area contributed by atoms with Crippen LogP contribution in [0.2, 0.25) is 0 Å². The summed E-state index contributed by atoms with van der Waals surface area (Å²) in [5.41, 5.74) is 8.31. The van der Waals surface area contributed by atoms with Crippen molar-refractivity contribution in [2.45, 2.75) is 19.0 Å². The van der Waals surface area contributed by atoms with Crippen LogP contribution in [0.25, 0.3) is 0 Å². The van der Waals surface area contributed by atoms with E-state index in [-0.39, 0.29) is 30.3 Å². The van der Waals surface area contributed by atoms with Gasteiger partial charge >= 0.3 is 6.03 Å². The third kappa shape index (κ3) is 5.62. The minimum atomic E-state index is -0.325. The van der Waals surface area contributed by atoms with Gasteiger partial charge in [-0.1, -0.05) is 12.1 Å². The van der Waals surface area contributed by atoms with E-state index in [2.05, 4.69) is 21.6 Å². The zero-order valence-electron chi connectivity index (χ0n) is 13.7. The highest BCUT2D eigenvalue weighted by atomic mass is 35.5. The lowest BCUT2D eigenvalue weighted by atomic mass is 10.2. The van der Waals surface area contributed by atoms with Gasteiger partial charge in [-0.2, -0.15) is 0 Å². The summed E-state index contributed by atoms with van der Waals surface area (Å²) in [6, 6.07) is 13.4. The number of likely N-dealkylation sites (tertiary alicyclic amines) is 1. The topological polar surface area (TPSA) is 70.4 Å². The summed E-state index contributed by atoms with van der Waals surface area (Å²) in [6.45, 7) is 2.55. The number of halogens is 2. The third-order valence-corrected chi connectivity index (χ3v) is 4.07. The smallest absolute Gasteiger partial charge is 0.319 e. The van der Waals surface area contributed by atoms with Crippen LogP contribution in [0.3, 0.4) is 0 Å². The number of nitrogen functional groups attached to an aromatic ring is 1. The van der Waals surface area contributed by atoms with E-state index in [9.17, 15) is 9.18 Å². The van der Waals surface area contributed by atoms with E-state index in [4.69, 9.17) is 5.73 Å². The van der Waals surface area contributed by atoms with Crippen molar-refractivity contribution >= 4 is 29.8 Å². The quantitative estimate of drug-likeness (QED) is 0.729. The molecule has 0 bridgehead atoms. The maximum Gasteiger partial charge on any atom is 0.319 e. The molecule has 0 saturated carbocycles. The molecule has 0 spiro atoms. The molecular formula is C18H22ClFN4O. The molecule has 1 saturated heterocycles. The number of benzene rings is 2. The number of nitrogens with two attached hydrogens (primary N) is 1. The molecule has 2 amide bonds. The molecule has 1 heterocycles. The van der Waals surface area contributed by atoms with Crippen molar-refractivity contribution in [1.82, 2.24) is 10.2 Å². The molecule has 2 aromatic carbocycles. The SMILES string of the molecule is Cl.Nc1cccc(CN2CCC(NC(=O)Nc3ccc(F)cc3)C2)c1. The van der Waals surface area contributed by atoms with Crippen LogP contribution in [0, 0.1) is 5.82 Å². The Kier molecular flexibility index (Phi) is 6.61. The van der Waals surface area contributed by atoms with Crippen LogP contribution in [0.5, 0.6) is 0 Å². The van der Waals surface area contributed by atoms with Crippen LogP contribution >= 0.6 is 12.4 Å². The minimum absolute atomic E-state index is 0. The zero-order chi connectivity index (χ0) is 16.9. The highest BCUT2D eigenvalue weighted by Crippen LogP contribution is 2.15. The van der Waals surface area contributed by atoms with Crippen LogP contribution in [-0.2, 0) is 6.54 Å². The Bertz CT molecular complexity index is 710. The van der Waals surface area contributed by atoms with Gasteiger partial charge in [-0.3, -0.25) is 4.90 Å². The van der Waals surface area contributed by atoms with Crippen LogP contribution in [0.1, 0.15) is 12.0 Å². The molecule has 1 atom stereocenters. The minimum Gasteiger partial charge on any atom is -0.399 e. The van der Waals surface area contributed by atoms with Gasteiger partial charge in [-0.15, -0.1) is 12.4 Å². The first kappa shape index (κ1) is 19.0. The van der Waals surface area contributed by atoms with Gasteiger partial charge in [0.05, 0.1) is 0 Å². The number of nitrogens with zero attached hydrogens (tertiary/aromatic N) is 1. The highest BCUT2D eigenvalue weighted by molar-refractivity contribution is 5.89. The first-order valence-corrected chi connectivity index (χ1v) is 7.98. The molecule has 1 aliphatic heterocycles. The molecule has 1 unspecified atom stereocenters. The Morgan fingerprint density at radius 1 is 1.24 bits per heavy atom. The van der Waals surface area contributed by atoms with E-state index in [1.807, 2.05) is 18.2 Å². The van der Waals surface area contributed by atoms with Crippen molar-refractivity contribution < 1.29 is 9.18 Å². The van der Waals surface area contributed by atoms with E-state index in [0.29, 0.717) is 5.69 Å². The molecule has 1 aliphatic rings. The summed E-state index contributed by atoms with van der Waals surface area (Å²) in [7, 11) is 0. The Hall–Kier alpha value is -2.31. The lowest BCUT2D eigenvalue weighted by Crippen LogP contribution is -2.39. The van der Waals surface area contributed by atoms with E-state index >= 15 is 0 Å². The van der Waals surface area contributed by atoms with Gasteiger partial charge in [-0.25, -0.2) is 9.18 Å². The predicted molar refractivity (Wildman–Crippen MR) is 100 cm³/mol. The fourth-order valence-electron chi connectivity index (χ4n) is 2.93. The maximum absolute atomic E-state index is 12.9. The molecule has 7 heteroatoms. The molecule has 3 rings (SSSR count). The first-order chi connectivity index (χ1) is 11.6. The summed E-state index contributed by atoms with van der Waals surface area (Å²) in [4.78, 5) is 14.3. The Balaban J connectivity index is 0.00000225. The molecule has 134 valence electrons. The molecule has 0 radical (unpaired) electrons. The van der Waals surface area contributed by atoms with E-state index in [0.717, 1.165) is 31.7 Å². The van der Waals surface area contributed by atoms with Crippen LogP contribution in [-0.4, -0.2) is 30.1 Å². The number of rotatable bonds is 4. The Morgan fingerprint density at radius 3 is 2.72 bits per heavy atom. The van der Waals surface area contributed by atoms with Crippen molar-refractivity contribution in [3.63, 3.8) is 0 Å². The highest BCUT2D eigenvalue weighted by Gasteiger charge is 2.23. The van der Waals surface area contributed by atoms with Gasteiger partial charge in [0.25, 0.3) is 0 Å². The van der Waals surface area contributed by atoms with Crippen molar-refractivity contribution in [3.05, 3.63) is 59.9 Å². The fourth-order valence-corrected chi connectivity index (χ4v) is 2.93. The molecule has 2 aromatic rings. The van der Waals surface area contributed by atoms with Gasteiger partial charge in [0.15, 0.2) is 0 Å². The molecule has 5 nitrogen and oxygen atoms in total. The Morgan fingerprint density at radius 2 is 2.00 bits per heavy atom. The van der Waals surface area contributed by atoms with Gasteiger partial charge in [-0.05, 0) is 48.4 Å². The van der Waals surface area contributed by atoms with Crippen molar-refractivity contribution in [1.29, 1.82) is 0 Å². The predicted octanol–water partition coefficient (Wildman–Crippen LogP) is 3.23. The normalized spacial score (nSPS) is 16.9. The second-order valence-electron chi connectivity index (χ2n) is 6.07. The summed E-state index contributed by atoms with van der Waals surface area (Å²) >= 11 is 0. The number of carbonyl (C=O) groups is 1. The standard InChI is InChI=1S/C18H21FN4O.ClH/c19-14-4-6-16(7-5-14)21-18(24)22-17-8-9-23(12-17)11-13-2-1-3-15(20)10-13;/h1-7,10,17H,8-9,11-12,20H2,(H2,21,22,24);1H. The largest absolute Gasteiger partial charge is 0.399 e. The summed E-state index contributed by atoms with van der Waals surface area (Å²) in [6.07, 6.45) is 0.902. The van der Waals surface area contributed by atoms with Crippen LogP contribution < -0.4 is 16.4 Å². The maximum atomic E-state index is 12.9. The first-order valence-electron chi connectivity index (χ1n) is 7.98. The van der Waals surface area contributed by atoms with Crippen LogP contribution in [0.15, 0.2) is 48.5 Å². The lowest BCUT2D eigenvalue weighted by molar-refractivity contribution is 0.247. The van der Waals surface area contributed by atoms with Crippen molar-refractivity contribution in [2.24, 2.45) is 0 Å². The average Bonchev–Trinajstić information content (AvgIpc) is 2.96. The van der Waals surface area contributed by atoms with E-state index < -0.39 is 0 Å².